The van der Waals surface area contributed by atoms with Crippen LogP contribution < -0.4 is 0 Å². The number of halogens is 2. The van der Waals surface area contributed by atoms with Gasteiger partial charge >= 0.3 is 5.97 Å². The summed E-state index contributed by atoms with van der Waals surface area (Å²) < 4.78 is 5.39. The topological polar surface area (TPSA) is 62.4 Å². The van der Waals surface area contributed by atoms with Gasteiger partial charge in [-0.1, -0.05) is 70.0 Å². The molecule has 3 rings (SSSR count). The van der Waals surface area contributed by atoms with Crippen LogP contribution in [0.3, 0.4) is 0 Å². The molecule has 0 N–H and O–H groups in total. The lowest BCUT2D eigenvalue weighted by molar-refractivity contribution is -0.139. The van der Waals surface area contributed by atoms with Crippen LogP contribution in [0.2, 0.25) is 5.02 Å². The van der Waals surface area contributed by atoms with Gasteiger partial charge in [0.1, 0.15) is 0 Å². The first-order valence-electron chi connectivity index (χ1n) is 10.3. The van der Waals surface area contributed by atoms with E-state index in [4.69, 9.17) is 21.3 Å². The molecule has 3 atom stereocenters. The van der Waals surface area contributed by atoms with E-state index in [1.165, 1.54) is 5.56 Å². The van der Waals surface area contributed by atoms with Crippen molar-refractivity contribution in [2.75, 3.05) is 6.61 Å². The van der Waals surface area contributed by atoms with E-state index in [9.17, 15) is 10.1 Å². The van der Waals surface area contributed by atoms with E-state index in [2.05, 4.69) is 34.1 Å². The van der Waals surface area contributed by atoms with E-state index < -0.39 is 17.8 Å². The third-order valence-corrected chi connectivity index (χ3v) is 6.58. The molecule has 6 heteroatoms. The summed E-state index contributed by atoms with van der Waals surface area (Å²) in [5.41, 5.74) is 3.80. The summed E-state index contributed by atoms with van der Waals surface area (Å²) in [5, 5.41) is 10.5. The molecule has 1 aliphatic rings. The van der Waals surface area contributed by atoms with Gasteiger partial charge in [0, 0.05) is 21.5 Å². The Hall–Kier alpha value is -2.42. The fraction of sp³-hybridized carbons (Fsp3) is 0.320. The van der Waals surface area contributed by atoms with Crippen molar-refractivity contribution in [1.29, 1.82) is 5.26 Å². The van der Waals surface area contributed by atoms with Crippen LogP contribution >= 0.6 is 27.5 Å². The zero-order valence-electron chi connectivity index (χ0n) is 17.5. The minimum Gasteiger partial charge on any atom is -0.463 e. The zero-order chi connectivity index (χ0) is 22.4. The second-order valence-corrected chi connectivity index (χ2v) is 8.93. The van der Waals surface area contributed by atoms with Crippen LogP contribution in [0.5, 0.6) is 0 Å². The highest BCUT2D eigenvalue weighted by Crippen LogP contribution is 2.42. The Morgan fingerprint density at radius 3 is 2.65 bits per heavy atom. The fourth-order valence-electron chi connectivity index (χ4n) is 3.89. The minimum atomic E-state index is -0.560. The van der Waals surface area contributed by atoms with Gasteiger partial charge in [-0.3, -0.25) is 4.99 Å². The largest absolute Gasteiger partial charge is 0.463 e. The molecule has 0 aromatic heterocycles. The number of carbonyl (C=O) groups excluding carboxylic acids is 1. The SMILES string of the molecule is CCOC(=O)C1=C(CCC(Br)c2ccccc2)N=C(C)C(C#N)C1c1cccc(Cl)c1. The van der Waals surface area contributed by atoms with Crippen molar-refractivity contribution in [3.05, 3.63) is 82.0 Å². The van der Waals surface area contributed by atoms with Gasteiger partial charge in [0.2, 0.25) is 0 Å². The lowest BCUT2D eigenvalue weighted by Crippen LogP contribution is -2.30. The Balaban J connectivity index is 2.03. The van der Waals surface area contributed by atoms with Crippen LogP contribution in [0.4, 0.5) is 0 Å². The van der Waals surface area contributed by atoms with Crippen molar-refractivity contribution >= 4 is 39.2 Å². The molecule has 0 spiro atoms. The number of ether oxygens (including phenoxy) is 1. The Bertz CT molecular complexity index is 1040. The molecule has 3 unspecified atom stereocenters. The Kier molecular flexibility index (Phi) is 8.06. The number of aliphatic imine (C=N–C) groups is 1. The molecular formula is C25H24BrClN2O2. The number of hydrogen-bond acceptors (Lipinski definition) is 4. The number of rotatable bonds is 7. The lowest BCUT2D eigenvalue weighted by atomic mass is 9.75. The van der Waals surface area contributed by atoms with Gasteiger partial charge in [0.15, 0.2) is 0 Å². The number of allylic oxidation sites excluding steroid dienone is 1. The standard InChI is InChI=1S/C25H24BrClN2O2/c1-3-31-25(30)24-22(13-12-21(26)17-8-5-4-6-9-17)29-16(2)20(15-28)23(24)18-10-7-11-19(27)14-18/h4-11,14,20-21,23H,3,12-13H2,1-2H3. The molecule has 0 saturated heterocycles. The fourth-order valence-corrected chi connectivity index (χ4v) is 4.63. The van der Waals surface area contributed by atoms with Crippen molar-refractivity contribution in [1.82, 2.24) is 0 Å². The summed E-state index contributed by atoms with van der Waals surface area (Å²) in [4.78, 5) is 17.9. The van der Waals surface area contributed by atoms with Crippen molar-refractivity contribution < 1.29 is 9.53 Å². The second-order valence-electron chi connectivity index (χ2n) is 7.39. The molecule has 0 fully saturated rings. The van der Waals surface area contributed by atoms with Crippen LogP contribution in [0, 0.1) is 17.2 Å². The highest BCUT2D eigenvalue weighted by atomic mass is 79.9. The molecule has 160 valence electrons. The maximum absolute atomic E-state index is 13.1. The van der Waals surface area contributed by atoms with Gasteiger partial charge in [-0.05, 0) is 49.9 Å². The van der Waals surface area contributed by atoms with Crippen molar-refractivity contribution in [2.45, 2.75) is 37.4 Å². The van der Waals surface area contributed by atoms with Crippen LogP contribution in [0.15, 0.2) is 70.9 Å². The predicted octanol–water partition coefficient (Wildman–Crippen LogP) is 6.77. The van der Waals surface area contributed by atoms with E-state index in [0.717, 1.165) is 12.0 Å². The molecule has 0 radical (unpaired) electrons. The van der Waals surface area contributed by atoms with Gasteiger partial charge in [-0.2, -0.15) is 5.26 Å². The quantitative estimate of drug-likeness (QED) is 0.312. The summed E-state index contributed by atoms with van der Waals surface area (Å²) in [7, 11) is 0. The normalized spacial score (nSPS) is 19.4. The van der Waals surface area contributed by atoms with E-state index in [0.29, 0.717) is 28.4 Å². The smallest absolute Gasteiger partial charge is 0.336 e. The third kappa shape index (κ3) is 5.44. The van der Waals surface area contributed by atoms with Crippen LogP contribution in [0.25, 0.3) is 0 Å². The van der Waals surface area contributed by atoms with Gasteiger partial charge in [0.05, 0.1) is 29.9 Å². The number of nitrogens with zero attached hydrogens (tertiary/aromatic N) is 2. The zero-order valence-corrected chi connectivity index (χ0v) is 19.9. The Morgan fingerprint density at radius 1 is 1.26 bits per heavy atom. The molecule has 2 aromatic rings. The third-order valence-electron chi connectivity index (χ3n) is 5.35. The van der Waals surface area contributed by atoms with Gasteiger partial charge in [-0.25, -0.2) is 4.79 Å². The van der Waals surface area contributed by atoms with Crippen LogP contribution in [0.1, 0.15) is 48.6 Å². The predicted molar refractivity (Wildman–Crippen MR) is 127 cm³/mol. The van der Waals surface area contributed by atoms with Gasteiger partial charge in [-0.15, -0.1) is 0 Å². The average Bonchev–Trinajstić information content (AvgIpc) is 2.77. The van der Waals surface area contributed by atoms with E-state index >= 15 is 0 Å². The molecule has 2 aromatic carbocycles. The summed E-state index contributed by atoms with van der Waals surface area (Å²) in [6, 6.07) is 19.8. The number of nitriles is 1. The molecule has 0 saturated carbocycles. The van der Waals surface area contributed by atoms with Crippen molar-refractivity contribution in [3.63, 3.8) is 0 Å². The molecule has 0 bridgehead atoms. The Labute approximate surface area is 196 Å². The first-order chi connectivity index (χ1) is 15.0. The lowest BCUT2D eigenvalue weighted by Gasteiger charge is -2.30. The number of hydrogen-bond donors (Lipinski definition) is 0. The molecule has 0 amide bonds. The van der Waals surface area contributed by atoms with E-state index in [1.807, 2.05) is 43.3 Å². The molecular weight excluding hydrogens is 476 g/mol. The van der Waals surface area contributed by atoms with Crippen LogP contribution in [-0.4, -0.2) is 18.3 Å². The minimum absolute atomic E-state index is 0.124. The number of carbonyl (C=O) groups is 1. The average molecular weight is 500 g/mol. The summed E-state index contributed by atoms with van der Waals surface area (Å²) in [6.07, 6.45) is 1.32. The van der Waals surface area contributed by atoms with Gasteiger partial charge in [0.25, 0.3) is 0 Å². The summed E-state index contributed by atoms with van der Waals surface area (Å²) in [5.74, 6) is -1.46. The van der Waals surface area contributed by atoms with Gasteiger partial charge < -0.3 is 4.74 Å². The summed E-state index contributed by atoms with van der Waals surface area (Å²) in [6.45, 7) is 3.87. The number of benzene rings is 2. The van der Waals surface area contributed by atoms with Crippen LogP contribution in [-0.2, 0) is 9.53 Å². The molecule has 1 aliphatic heterocycles. The second kappa shape index (κ2) is 10.7. The maximum Gasteiger partial charge on any atom is 0.336 e. The van der Waals surface area contributed by atoms with E-state index in [1.54, 1.807) is 13.0 Å². The molecule has 1 heterocycles. The number of alkyl halides is 1. The maximum atomic E-state index is 13.1. The summed E-state index contributed by atoms with van der Waals surface area (Å²) >= 11 is 9.99. The monoisotopic (exact) mass is 498 g/mol. The molecule has 31 heavy (non-hydrogen) atoms. The van der Waals surface area contributed by atoms with Crippen molar-refractivity contribution in [3.8, 4) is 6.07 Å². The first-order valence-corrected chi connectivity index (χ1v) is 11.5. The van der Waals surface area contributed by atoms with E-state index in [-0.39, 0.29) is 11.4 Å². The Morgan fingerprint density at radius 2 is 2.00 bits per heavy atom. The van der Waals surface area contributed by atoms with Crippen molar-refractivity contribution in [2.24, 2.45) is 10.9 Å². The highest BCUT2D eigenvalue weighted by Gasteiger charge is 2.38. The number of esters is 1. The molecule has 0 aliphatic carbocycles. The highest BCUT2D eigenvalue weighted by molar-refractivity contribution is 9.09. The molecule has 4 nitrogen and oxygen atoms in total. The first kappa shape index (κ1) is 23.2.